The molecule has 0 saturated heterocycles. The maximum Gasteiger partial charge on any atom is 0.235 e. The molecule has 0 fully saturated rings. The van der Waals surface area contributed by atoms with E-state index in [1.807, 2.05) is 17.4 Å². The molecule has 4 aromatic heterocycles. The molecule has 4 nitrogen and oxygen atoms in total. The quantitative estimate of drug-likeness (QED) is 0.192. The van der Waals surface area contributed by atoms with E-state index in [1.54, 1.807) is 0 Å². The largest absolute Gasteiger partial charge is 0.306 e. The van der Waals surface area contributed by atoms with Crippen LogP contribution in [0.2, 0.25) is 0 Å². The van der Waals surface area contributed by atoms with Crippen LogP contribution in [0.3, 0.4) is 0 Å². The van der Waals surface area contributed by atoms with Crippen LogP contribution in [0, 0.1) is 0 Å². The maximum atomic E-state index is 5.40. The highest BCUT2D eigenvalue weighted by Gasteiger charge is 2.24. The monoisotopic (exact) mass is 642 g/mol. The summed E-state index contributed by atoms with van der Waals surface area (Å²) in [5, 5.41) is 8.38. The van der Waals surface area contributed by atoms with E-state index in [-0.39, 0.29) is 0 Å². The molecule has 0 N–H and O–H groups in total. The number of fused-ring (bicyclic) bond motifs is 11. The Labute approximate surface area is 284 Å². The van der Waals surface area contributed by atoms with Gasteiger partial charge in [-0.25, -0.2) is 9.97 Å². The first kappa shape index (κ1) is 26.7. The van der Waals surface area contributed by atoms with Crippen LogP contribution in [0.25, 0.3) is 97.6 Å². The molecule has 0 aliphatic carbocycles. The highest BCUT2D eigenvalue weighted by Crippen LogP contribution is 2.44. The molecule has 4 heterocycles. The molecule has 0 aliphatic heterocycles. The van der Waals surface area contributed by atoms with Gasteiger partial charge in [0.05, 0.1) is 43.7 Å². The van der Waals surface area contributed by atoms with Crippen LogP contribution in [0.15, 0.2) is 158 Å². The van der Waals surface area contributed by atoms with E-state index in [9.17, 15) is 0 Å². The van der Waals surface area contributed by atoms with Crippen molar-refractivity contribution in [3.63, 3.8) is 0 Å². The number of hydrogen-bond donors (Lipinski definition) is 0. The summed E-state index contributed by atoms with van der Waals surface area (Å²) >= 11 is 1.86. The van der Waals surface area contributed by atoms with Gasteiger partial charge in [-0.05, 0) is 30.3 Å². The fourth-order valence-corrected chi connectivity index (χ4v) is 9.05. The van der Waals surface area contributed by atoms with Crippen LogP contribution in [0.4, 0.5) is 0 Å². The molecule has 0 bridgehead atoms. The molecule has 11 rings (SSSR count). The zero-order chi connectivity index (χ0) is 32.1. The zero-order valence-electron chi connectivity index (χ0n) is 26.2. The Balaban J connectivity index is 1.35. The van der Waals surface area contributed by atoms with Gasteiger partial charge in [-0.1, -0.05) is 127 Å². The lowest BCUT2D eigenvalue weighted by atomic mass is 10.1. The molecule has 0 unspecified atom stereocenters. The SMILES string of the molecule is c1ccc(-c2nc(-n3c4ccccc4c4ccc5c6ccccc6n(-c6cccc7c6sc6ccccc67)c5c43)nc3ccccc23)cc1. The molecular weight excluding hydrogens is 617 g/mol. The van der Waals surface area contributed by atoms with Gasteiger partial charge in [0, 0.05) is 48.0 Å². The Hall–Kier alpha value is -6.30. The topological polar surface area (TPSA) is 35.6 Å². The average Bonchev–Trinajstić information content (AvgIpc) is 3.83. The third-order valence-electron chi connectivity index (χ3n) is 9.93. The lowest BCUT2D eigenvalue weighted by Gasteiger charge is -2.14. The zero-order valence-corrected chi connectivity index (χ0v) is 27.0. The van der Waals surface area contributed by atoms with Crippen molar-refractivity contribution >= 4 is 86.0 Å². The Morgan fingerprint density at radius 2 is 1.00 bits per heavy atom. The molecule has 0 radical (unpaired) electrons. The molecular formula is C44H26N4S. The molecule has 5 heteroatoms. The Morgan fingerprint density at radius 1 is 0.408 bits per heavy atom. The number of thiophene rings is 1. The van der Waals surface area contributed by atoms with Crippen LogP contribution in [-0.2, 0) is 0 Å². The molecule has 228 valence electrons. The molecule has 0 saturated carbocycles. The number of hydrogen-bond acceptors (Lipinski definition) is 3. The smallest absolute Gasteiger partial charge is 0.235 e. The fraction of sp³-hybridized carbons (Fsp3) is 0. The van der Waals surface area contributed by atoms with E-state index in [0.29, 0.717) is 5.95 Å². The fourth-order valence-electron chi connectivity index (χ4n) is 7.85. The van der Waals surface area contributed by atoms with Crippen LogP contribution in [0.5, 0.6) is 0 Å². The van der Waals surface area contributed by atoms with Crippen LogP contribution in [0.1, 0.15) is 0 Å². The number of benzene rings is 7. The molecule has 7 aromatic carbocycles. The minimum atomic E-state index is 0.660. The highest BCUT2D eigenvalue weighted by atomic mass is 32.1. The minimum absolute atomic E-state index is 0.660. The van der Waals surface area contributed by atoms with Gasteiger partial charge in [-0.3, -0.25) is 4.57 Å². The second-order valence-electron chi connectivity index (χ2n) is 12.6. The summed E-state index contributed by atoms with van der Waals surface area (Å²) in [6.45, 7) is 0. The van der Waals surface area contributed by atoms with Crippen molar-refractivity contribution in [1.82, 2.24) is 19.1 Å². The second-order valence-corrected chi connectivity index (χ2v) is 13.6. The maximum absolute atomic E-state index is 5.40. The van der Waals surface area contributed by atoms with Gasteiger partial charge in [0.2, 0.25) is 5.95 Å². The van der Waals surface area contributed by atoms with Crippen molar-refractivity contribution in [1.29, 1.82) is 0 Å². The summed E-state index contributed by atoms with van der Waals surface area (Å²) in [6.07, 6.45) is 0. The number of aromatic nitrogens is 4. The van der Waals surface area contributed by atoms with Gasteiger partial charge in [0.25, 0.3) is 0 Å². The normalized spacial score (nSPS) is 12.1. The minimum Gasteiger partial charge on any atom is -0.306 e. The van der Waals surface area contributed by atoms with Crippen molar-refractivity contribution in [2.24, 2.45) is 0 Å². The summed E-state index contributed by atoms with van der Waals surface area (Å²) < 4.78 is 7.35. The lowest BCUT2D eigenvalue weighted by molar-refractivity contribution is 1.01. The summed E-state index contributed by atoms with van der Waals surface area (Å²) in [4.78, 5) is 10.7. The van der Waals surface area contributed by atoms with Gasteiger partial charge < -0.3 is 4.57 Å². The first-order chi connectivity index (χ1) is 24.3. The predicted octanol–water partition coefficient (Wildman–Crippen LogP) is 11.9. The van der Waals surface area contributed by atoms with E-state index in [1.165, 1.54) is 52.9 Å². The van der Waals surface area contributed by atoms with Gasteiger partial charge in [-0.2, -0.15) is 0 Å². The summed E-state index contributed by atoms with van der Waals surface area (Å²) in [5.41, 5.74) is 8.60. The van der Waals surface area contributed by atoms with E-state index in [2.05, 4.69) is 161 Å². The first-order valence-electron chi connectivity index (χ1n) is 16.5. The van der Waals surface area contributed by atoms with Crippen molar-refractivity contribution in [3.8, 4) is 22.9 Å². The van der Waals surface area contributed by atoms with E-state index < -0.39 is 0 Å². The second kappa shape index (κ2) is 10.1. The molecule has 11 aromatic rings. The number of rotatable bonds is 3. The molecule has 0 aliphatic rings. The number of nitrogens with zero attached hydrogens (tertiary/aromatic N) is 4. The van der Waals surface area contributed by atoms with Gasteiger partial charge in [0.15, 0.2) is 0 Å². The Bertz CT molecular complexity index is 3110. The third-order valence-corrected chi connectivity index (χ3v) is 11.1. The van der Waals surface area contributed by atoms with Gasteiger partial charge in [0.1, 0.15) is 0 Å². The van der Waals surface area contributed by atoms with Crippen LogP contribution >= 0.6 is 11.3 Å². The van der Waals surface area contributed by atoms with Gasteiger partial charge in [-0.15, -0.1) is 11.3 Å². The molecule has 0 spiro atoms. The standard InChI is InChI=1S/C44H26N4S/c1-2-13-27(14-3-1)40-34-18-4-8-20-35(34)45-44(46-40)48-37-22-10-6-16-29(37)32-26-25-31-28-15-5-9-21-36(28)47(41(31)42(32)48)38-23-12-19-33-30-17-7-11-24-39(30)49-43(33)38/h1-26H. The van der Waals surface area contributed by atoms with Crippen molar-refractivity contribution in [3.05, 3.63) is 158 Å². The highest BCUT2D eigenvalue weighted by molar-refractivity contribution is 7.26. The third kappa shape index (κ3) is 3.73. The van der Waals surface area contributed by atoms with E-state index >= 15 is 0 Å². The van der Waals surface area contributed by atoms with E-state index in [0.717, 1.165) is 38.7 Å². The summed E-state index contributed by atoms with van der Waals surface area (Å²) in [7, 11) is 0. The number of para-hydroxylation sites is 3. The van der Waals surface area contributed by atoms with Gasteiger partial charge >= 0.3 is 0 Å². The Morgan fingerprint density at radius 3 is 1.78 bits per heavy atom. The molecule has 0 amide bonds. The predicted molar refractivity (Wildman–Crippen MR) is 207 cm³/mol. The summed E-state index contributed by atoms with van der Waals surface area (Å²) in [6, 6.07) is 56.3. The molecule has 49 heavy (non-hydrogen) atoms. The van der Waals surface area contributed by atoms with Crippen molar-refractivity contribution < 1.29 is 0 Å². The first-order valence-corrected chi connectivity index (χ1v) is 17.3. The van der Waals surface area contributed by atoms with Crippen molar-refractivity contribution in [2.45, 2.75) is 0 Å². The van der Waals surface area contributed by atoms with Crippen LogP contribution in [-0.4, -0.2) is 19.1 Å². The summed E-state index contributed by atoms with van der Waals surface area (Å²) in [5.74, 6) is 0.660. The van der Waals surface area contributed by atoms with E-state index in [4.69, 9.17) is 9.97 Å². The average molecular weight is 643 g/mol. The van der Waals surface area contributed by atoms with Crippen molar-refractivity contribution in [2.75, 3.05) is 0 Å². The Kier molecular flexibility index (Phi) is 5.51. The lowest BCUT2D eigenvalue weighted by Crippen LogP contribution is -2.04. The molecule has 0 atom stereocenters. The van der Waals surface area contributed by atoms with Crippen LogP contribution < -0.4 is 0 Å².